The smallest absolute Gasteiger partial charge is 0.292 e. The summed E-state index contributed by atoms with van der Waals surface area (Å²) in [7, 11) is 3.04. The van der Waals surface area contributed by atoms with Crippen LogP contribution in [0.3, 0.4) is 0 Å². The van der Waals surface area contributed by atoms with E-state index in [1.165, 1.54) is 55.5 Å². The van der Waals surface area contributed by atoms with Crippen molar-refractivity contribution < 1.29 is 18.6 Å². The number of rotatable bonds is 5. The first-order valence-electron chi connectivity index (χ1n) is 10.2. The minimum Gasteiger partial charge on any atom is -0.494 e. The third-order valence-corrected chi connectivity index (χ3v) is 5.07. The molecule has 1 aliphatic heterocycles. The summed E-state index contributed by atoms with van der Waals surface area (Å²) in [5.41, 5.74) is 0.553. The summed E-state index contributed by atoms with van der Waals surface area (Å²) in [4.78, 5) is 12.3. The second-order valence-electron chi connectivity index (χ2n) is 6.90. The molecule has 9 heteroatoms. The molecule has 1 saturated heterocycles. The Bertz CT molecular complexity index is 1070. The van der Waals surface area contributed by atoms with Gasteiger partial charge in [-0.2, -0.15) is 9.78 Å². The number of aromatic nitrogens is 2. The minimum atomic E-state index is -0.470. The van der Waals surface area contributed by atoms with Crippen molar-refractivity contribution in [2.24, 2.45) is 0 Å². The van der Waals surface area contributed by atoms with Crippen LogP contribution in [-0.2, 0) is 4.74 Å². The summed E-state index contributed by atoms with van der Waals surface area (Å²) in [5, 5.41) is 6.94. The largest absolute Gasteiger partial charge is 0.494 e. The summed E-state index contributed by atoms with van der Waals surface area (Å²) < 4.78 is 30.3. The number of nitrogens with zero attached hydrogens (tertiary/aromatic N) is 2. The van der Waals surface area contributed by atoms with Crippen molar-refractivity contribution in [3.8, 4) is 22.9 Å². The van der Waals surface area contributed by atoms with Crippen LogP contribution in [0, 0.1) is 5.82 Å². The molecule has 1 aromatic heterocycles. The van der Waals surface area contributed by atoms with Gasteiger partial charge in [0.15, 0.2) is 11.6 Å². The maximum Gasteiger partial charge on any atom is 0.292 e. The van der Waals surface area contributed by atoms with Gasteiger partial charge in [-0.25, -0.2) is 4.39 Å². The van der Waals surface area contributed by atoms with E-state index in [9.17, 15) is 9.18 Å². The highest BCUT2D eigenvalue weighted by Crippen LogP contribution is 2.28. The number of nitrogens with one attached hydrogen (secondary N) is 1. The first-order chi connectivity index (χ1) is 15.5. The van der Waals surface area contributed by atoms with Crippen LogP contribution < -0.4 is 20.3 Å². The molecule has 0 spiro atoms. The van der Waals surface area contributed by atoms with Crippen LogP contribution in [0.2, 0.25) is 5.02 Å². The average molecular weight is 462 g/mol. The highest BCUT2D eigenvalue weighted by atomic mass is 35.5. The standard InChI is InChI=1S/C18H15ClFN3O3.C5H10O/c1-21-15-10-22-23(18(24)17(15)19)11-3-5-12(6-4-11)26-13-7-8-14(20)16(9-13)25-2;1-2-4-6-5-3-1/h3-10,21H,1-2H3;1-5H2. The van der Waals surface area contributed by atoms with Crippen molar-refractivity contribution in [3.63, 3.8) is 0 Å². The van der Waals surface area contributed by atoms with E-state index in [1.54, 1.807) is 31.3 Å². The van der Waals surface area contributed by atoms with Crippen molar-refractivity contribution in [3.05, 3.63) is 69.9 Å². The second-order valence-corrected chi connectivity index (χ2v) is 7.28. The van der Waals surface area contributed by atoms with Crippen LogP contribution in [0.15, 0.2) is 53.5 Å². The number of hydrogen-bond acceptors (Lipinski definition) is 6. The summed E-state index contributed by atoms with van der Waals surface area (Å²) in [6.07, 6.45) is 5.40. The van der Waals surface area contributed by atoms with Crippen LogP contribution >= 0.6 is 11.6 Å². The second kappa shape index (κ2) is 11.5. The van der Waals surface area contributed by atoms with Crippen LogP contribution in [0.4, 0.5) is 10.1 Å². The van der Waals surface area contributed by atoms with Gasteiger partial charge in [0, 0.05) is 26.3 Å². The normalized spacial score (nSPS) is 13.0. The molecule has 1 aliphatic rings. The molecular weight excluding hydrogens is 437 g/mol. The third kappa shape index (κ3) is 5.99. The highest BCUT2D eigenvalue weighted by molar-refractivity contribution is 6.32. The van der Waals surface area contributed by atoms with Gasteiger partial charge in [-0.3, -0.25) is 4.79 Å². The van der Waals surface area contributed by atoms with Gasteiger partial charge in [0.2, 0.25) is 0 Å². The SMILES string of the molecule is C1CCOCC1.CNc1cnn(-c2ccc(Oc3ccc(F)c(OC)c3)cc2)c(=O)c1Cl. The van der Waals surface area contributed by atoms with Crippen LogP contribution in [0.1, 0.15) is 19.3 Å². The summed E-state index contributed by atoms with van der Waals surface area (Å²) in [6, 6.07) is 10.9. The van der Waals surface area contributed by atoms with Crippen LogP contribution in [0.5, 0.6) is 17.2 Å². The Labute approximate surface area is 190 Å². The molecule has 0 unspecified atom stereocenters. The summed E-state index contributed by atoms with van der Waals surface area (Å²) >= 11 is 6.03. The maximum atomic E-state index is 13.4. The Balaban J connectivity index is 0.000000416. The van der Waals surface area contributed by atoms with Crippen LogP contribution in [0.25, 0.3) is 5.69 Å². The van der Waals surface area contributed by atoms with E-state index in [1.807, 2.05) is 0 Å². The van der Waals surface area contributed by atoms with Crippen molar-refractivity contribution >= 4 is 17.3 Å². The van der Waals surface area contributed by atoms with Gasteiger partial charge in [0.1, 0.15) is 16.5 Å². The minimum absolute atomic E-state index is 0.0567. The molecule has 2 aromatic carbocycles. The molecule has 32 heavy (non-hydrogen) atoms. The van der Waals surface area contributed by atoms with E-state index >= 15 is 0 Å². The van der Waals surface area contributed by atoms with E-state index in [4.69, 9.17) is 25.8 Å². The lowest BCUT2D eigenvalue weighted by Gasteiger charge is -2.10. The molecule has 3 aromatic rings. The maximum absolute atomic E-state index is 13.4. The molecule has 0 radical (unpaired) electrons. The molecule has 0 aliphatic carbocycles. The lowest BCUT2D eigenvalue weighted by Crippen LogP contribution is -2.22. The zero-order valence-corrected chi connectivity index (χ0v) is 18.7. The van der Waals surface area contributed by atoms with Gasteiger partial charge in [-0.15, -0.1) is 0 Å². The average Bonchev–Trinajstić information content (AvgIpc) is 2.84. The number of methoxy groups -OCH3 is 1. The van der Waals surface area contributed by atoms with Gasteiger partial charge in [0.05, 0.1) is 24.7 Å². The van der Waals surface area contributed by atoms with E-state index in [2.05, 4.69) is 10.4 Å². The lowest BCUT2D eigenvalue weighted by atomic mass is 10.2. The van der Waals surface area contributed by atoms with Crippen molar-refractivity contribution in [1.82, 2.24) is 9.78 Å². The van der Waals surface area contributed by atoms with Crippen molar-refractivity contribution in [1.29, 1.82) is 0 Å². The van der Waals surface area contributed by atoms with Gasteiger partial charge >= 0.3 is 0 Å². The zero-order chi connectivity index (χ0) is 22.9. The lowest BCUT2D eigenvalue weighted by molar-refractivity contribution is 0.0968. The van der Waals surface area contributed by atoms with E-state index < -0.39 is 11.4 Å². The molecule has 4 rings (SSSR count). The monoisotopic (exact) mass is 461 g/mol. The Morgan fingerprint density at radius 2 is 1.78 bits per heavy atom. The molecular formula is C23H25ClFN3O4. The molecule has 7 nitrogen and oxygen atoms in total. The molecule has 1 fully saturated rings. The van der Waals surface area contributed by atoms with Crippen molar-refractivity contribution in [2.75, 3.05) is 32.7 Å². The number of anilines is 1. The molecule has 2 heterocycles. The van der Waals surface area contributed by atoms with Gasteiger partial charge in [0.25, 0.3) is 5.56 Å². The molecule has 1 N–H and O–H groups in total. The van der Waals surface area contributed by atoms with Gasteiger partial charge in [-0.05, 0) is 55.7 Å². The first-order valence-corrected chi connectivity index (χ1v) is 10.6. The Morgan fingerprint density at radius 3 is 2.34 bits per heavy atom. The Hall–Kier alpha value is -3.10. The number of benzene rings is 2. The third-order valence-electron chi connectivity index (χ3n) is 4.71. The molecule has 0 bridgehead atoms. The zero-order valence-electron chi connectivity index (χ0n) is 17.9. The number of halogens is 2. The predicted octanol–water partition coefficient (Wildman–Crippen LogP) is 5.05. The molecule has 0 saturated carbocycles. The first kappa shape index (κ1) is 23.6. The fourth-order valence-electron chi connectivity index (χ4n) is 2.97. The van der Waals surface area contributed by atoms with Crippen LogP contribution in [-0.4, -0.2) is 37.2 Å². The fraction of sp³-hybridized carbons (Fsp3) is 0.304. The van der Waals surface area contributed by atoms with Gasteiger partial charge < -0.3 is 19.5 Å². The topological polar surface area (TPSA) is 74.6 Å². The van der Waals surface area contributed by atoms with E-state index in [-0.39, 0.29) is 10.8 Å². The Kier molecular flexibility index (Phi) is 8.47. The molecule has 0 atom stereocenters. The number of ether oxygens (including phenoxy) is 3. The van der Waals surface area contributed by atoms with Gasteiger partial charge in [-0.1, -0.05) is 11.6 Å². The fourth-order valence-corrected chi connectivity index (χ4v) is 3.20. The number of hydrogen-bond donors (Lipinski definition) is 1. The van der Waals surface area contributed by atoms with E-state index in [0.29, 0.717) is 22.9 Å². The van der Waals surface area contributed by atoms with Crippen molar-refractivity contribution in [2.45, 2.75) is 19.3 Å². The predicted molar refractivity (Wildman–Crippen MR) is 122 cm³/mol. The van der Waals surface area contributed by atoms with E-state index in [0.717, 1.165) is 13.2 Å². The molecule has 0 amide bonds. The quantitative estimate of drug-likeness (QED) is 0.572. The highest BCUT2D eigenvalue weighted by Gasteiger charge is 2.10. The molecule has 170 valence electrons. The summed E-state index contributed by atoms with van der Waals surface area (Å²) in [5.74, 6) is 0.554. The Morgan fingerprint density at radius 1 is 1.09 bits per heavy atom. The summed E-state index contributed by atoms with van der Waals surface area (Å²) in [6.45, 7) is 2.00.